The maximum Gasteiger partial charge on any atom is 0.0344 e. The molecule has 14 heavy (non-hydrogen) atoms. The van der Waals surface area contributed by atoms with Crippen molar-refractivity contribution < 1.29 is 0 Å². The van der Waals surface area contributed by atoms with Gasteiger partial charge >= 0.3 is 0 Å². The normalized spacial score (nSPS) is 46.2. The van der Waals surface area contributed by atoms with E-state index in [2.05, 4.69) is 19.8 Å². The molecule has 0 saturated heterocycles. The molecule has 0 aromatic heterocycles. The molecule has 0 radical (unpaired) electrons. The van der Waals surface area contributed by atoms with E-state index in [0.717, 1.165) is 17.8 Å². The number of terminal acetylenes is 1. The number of rotatable bonds is 1. The van der Waals surface area contributed by atoms with Gasteiger partial charge in [-0.05, 0) is 55.3 Å². The summed E-state index contributed by atoms with van der Waals surface area (Å²) in [5, 5.41) is 0. The van der Waals surface area contributed by atoms with Crippen LogP contribution in [0.15, 0.2) is 0 Å². The van der Waals surface area contributed by atoms with Crippen LogP contribution < -0.4 is 0 Å². The minimum Gasteiger partial charge on any atom is -0.120 e. The van der Waals surface area contributed by atoms with Crippen molar-refractivity contribution in [2.24, 2.45) is 28.6 Å². The average Bonchev–Trinajstić information content (AvgIpc) is 2.98. The lowest BCUT2D eigenvalue weighted by Crippen LogP contribution is -2.54. The highest BCUT2D eigenvalue weighted by Gasteiger charge is 2.62. The van der Waals surface area contributed by atoms with Crippen LogP contribution in [-0.2, 0) is 0 Å². The first kappa shape index (κ1) is 8.84. The summed E-state index contributed by atoms with van der Waals surface area (Å²) in [6.07, 6.45) is 12.7. The van der Waals surface area contributed by atoms with E-state index in [4.69, 9.17) is 6.42 Å². The molecule has 0 heteroatoms. The van der Waals surface area contributed by atoms with Gasteiger partial charge in [-0.1, -0.05) is 19.8 Å². The standard InChI is InChI=1S/C14H20/c1-4-14(7-8-14)11-6-5-10-9-12(11)13(10,2)3/h1,10-12H,5-9H2,2-3H3/t10-,11?,12-/m0/s1. The summed E-state index contributed by atoms with van der Waals surface area (Å²) in [7, 11) is 0. The van der Waals surface area contributed by atoms with Crippen LogP contribution in [0.4, 0.5) is 0 Å². The van der Waals surface area contributed by atoms with Gasteiger partial charge < -0.3 is 0 Å². The Kier molecular flexibility index (Phi) is 1.50. The maximum absolute atomic E-state index is 5.72. The van der Waals surface area contributed by atoms with E-state index in [0.29, 0.717) is 10.8 Å². The van der Waals surface area contributed by atoms with Gasteiger partial charge in [0.2, 0.25) is 0 Å². The fourth-order valence-electron chi connectivity index (χ4n) is 4.23. The quantitative estimate of drug-likeness (QED) is 0.553. The Morgan fingerprint density at radius 1 is 1.14 bits per heavy atom. The zero-order valence-electron chi connectivity index (χ0n) is 9.34. The molecule has 0 amide bonds. The van der Waals surface area contributed by atoms with Gasteiger partial charge in [0.15, 0.2) is 0 Å². The number of hydrogen-bond acceptors (Lipinski definition) is 0. The van der Waals surface area contributed by atoms with Crippen molar-refractivity contribution in [3.8, 4) is 12.3 Å². The van der Waals surface area contributed by atoms with Crippen LogP contribution >= 0.6 is 0 Å². The topological polar surface area (TPSA) is 0 Å². The Morgan fingerprint density at radius 3 is 2.29 bits per heavy atom. The third kappa shape index (κ3) is 0.867. The molecule has 0 N–H and O–H groups in total. The monoisotopic (exact) mass is 188 g/mol. The summed E-state index contributed by atoms with van der Waals surface area (Å²) in [6, 6.07) is 0. The van der Waals surface area contributed by atoms with Crippen LogP contribution in [0.1, 0.15) is 46.0 Å². The van der Waals surface area contributed by atoms with E-state index < -0.39 is 0 Å². The van der Waals surface area contributed by atoms with E-state index >= 15 is 0 Å². The largest absolute Gasteiger partial charge is 0.120 e. The molecule has 0 aliphatic heterocycles. The zero-order chi connectivity index (χ0) is 9.97. The van der Waals surface area contributed by atoms with Gasteiger partial charge in [-0.3, -0.25) is 0 Å². The molecule has 2 bridgehead atoms. The zero-order valence-corrected chi connectivity index (χ0v) is 9.34. The summed E-state index contributed by atoms with van der Waals surface area (Å²) < 4.78 is 0. The molecule has 1 unspecified atom stereocenters. The SMILES string of the molecule is C#CC1(C2CC[C@H]3C[C@@H]2C3(C)C)CC1. The van der Waals surface area contributed by atoms with Crippen molar-refractivity contribution in [2.45, 2.75) is 46.0 Å². The molecule has 4 aliphatic rings. The molecule has 76 valence electrons. The van der Waals surface area contributed by atoms with Crippen LogP contribution in [0.2, 0.25) is 0 Å². The molecule has 4 aliphatic carbocycles. The first-order chi connectivity index (χ1) is 6.60. The van der Waals surface area contributed by atoms with Gasteiger partial charge in [-0.15, -0.1) is 6.42 Å². The highest BCUT2D eigenvalue weighted by atomic mass is 14.7. The van der Waals surface area contributed by atoms with Crippen molar-refractivity contribution in [1.29, 1.82) is 0 Å². The van der Waals surface area contributed by atoms with Crippen LogP contribution in [0.25, 0.3) is 0 Å². The average molecular weight is 188 g/mol. The first-order valence-electron chi connectivity index (χ1n) is 6.08. The van der Waals surface area contributed by atoms with Gasteiger partial charge in [0.1, 0.15) is 0 Å². The fourth-order valence-corrected chi connectivity index (χ4v) is 4.23. The predicted molar refractivity (Wildman–Crippen MR) is 58.6 cm³/mol. The lowest BCUT2D eigenvalue weighted by atomic mass is 9.43. The molecule has 3 atom stereocenters. The van der Waals surface area contributed by atoms with Crippen molar-refractivity contribution in [1.82, 2.24) is 0 Å². The van der Waals surface area contributed by atoms with Crippen molar-refractivity contribution >= 4 is 0 Å². The lowest BCUT2D eigenvalue weighted by molar-refractivity contribution is -0.118. The Labute approximate surface area is 87.5 Å². The second-order valence-corrected chi connectivity index (χ2v) is 6.34. The van der Waals surface area contributed by atoms with Gasteiger partial charge in [-0.25, -0.2) is 0 Å². The van der Waals surface area contributed by atoms with Gasteiger partial charge in [0.05, 0.1) is 0 Å². The third-order valence-electron chi connectivity index (χ3n) is 5.64. The summed E-state index contributed by atoms with van der Waals surface area (Å²) >= 11 is 0. The summed E-state index contributed by atoms with van der Waals surface area (Å²) in [5.41, 5.74) is 0.961. The molecule has 0 heterocycles. The Morgan fingerprint density at radius 2 is 1.86 bits per heavy atom. The lowest BCUT2D eigenvalue weighted by Gasteiger charge is -2.61. The van der Waals surface area contributed by atoms with Crippen molar-refractivity contribution in [3.63, 3.8) is 0 Å². The fraction of sp³-hybridized carbons (Fsp3) is 0.857. The second-order valence-electron chi connectivity index (χ2n) is 6.34. The highest BCUT2D eigenvalue weighted by molar-refractivity contribution is 5.22. The molecule has 0 spiro atoms. The minimum atomic E-state index is 0.354. The van der Waals surface area contributed by atoms with Gasteiger partial charge in [-0.2, -0.15) is 0 Å². The maximum atomic E-state index is 5.72. The van der Waals surface area contributed by atoms with Gasteiger partial charge in [0, 0.05) is 5.41 Å². The number of hydrogen-bond donors (Lipinski definition) is 0. The molecule has 0 nitrogen and oxygen atoms in total. The number of fused-ring (bicyclic) bond motifs is 2. The molecule has 4 rings (SSSR count). The summed E-state index contributed by atoms with van der Waals surface area (Å²) in [6.45, 7) is 4.93. The Bertz CT molecular complexity index is 298. The van der Waals surface area contributed by atoms with E-state index in [9.17, 15) is 0 Å². The molecule has 0 aromatic carbocycles. The van der Waals surface area contributed by atoms with Crippen LogP contribution in [0.3, 0.4) is 0 Å². The summed E-state index contributed by atoms with van der Waals surface area (Å²) in [5.74, 6) is 5.94. The van der Waals surface area contributed by atoms with E-state index in [1.54, 1.807) is 0 Å². The van der Waals surface area contributed by atoms with E-state index in [1.807, 2.05) is 0 Å². The van der Waals surface area contributed by atoms with Crippen molar-refractivity contribution in [3.05, 3.63) is 0 Å². The first-order valence-corrected chi connectivity index (χ1v) is 6.08. The van der Waals surface area contributed by atoms with E-state index in [-0.39, 0.29) is 0 Å². The van der Waals surface area contributed by atoms with E-state index in [1.165, 1.54) is 32.1 Å². The second kappa shape index (κ2) is 2.38. The van der Waals surface area contributed by atoms with Crippen LogP contribution in [-0.4, -0.2) is 0 Å². The van der Waals surface area contributed by atoms with Crippen molar-refractivity contribution in [2.75, 3.05) is 0 Å². The molecule has 4 saturated carbocycles. The Hall–Kier alpha value is -0.440. The molecular weight excluding hydrogens is 168 g/mol. The Balaban J connectivity index is 1.86. The summed E-state index contributed by atoms with van der Waals surface area (Å²) in [4.78, 5) is 0. The minimum absolute atomic E-state index is 0.354. The van der Waals surface area contributed by atoms with Gasteiger partial charge in [0.25, 0.3) is 0 Å². The van der Waals surface area contributed by atoms with Crippen LogP contribution in [0, 0.1) is 40.9 Å². The molecular formula is C14H20. The van der Waals surface area contributed by atoms with Crippen LogP contribution in [0.5, 0.6) is 0 Å². The predicted octanol–water partition coefficient (Wildman–Crippen LogP) is 3.47. The third-order valence-corrected chi connectivity index (χ3v) is 5.64. The molecule has 4 fully saturated rings. The molecule has 0 aromatic rings. The smallest absolute Gasteiger partial charge is 0.0344 e. The highest BCUT2D eigenvalue weighted by Crippen LogP contribution is 2.69.